The van der Waals surface area contributed by atoms with Crippen molar-refractivity contribution in [1.29, 1.82) is 0 Å². The van der Waals surface area contributed by atoms with Crippen LogP contribution in [0, 0.1) is 0 Å². The van der Waals surface area contributed by atoms with Gasteiger partial charge in [0.25, 0.3) is 0 Å². The van der Waals surface area contributed by atoms with Gasteiger partial charge in [-0.2, -0.15) is 0 Å². The van der Waals surface area contributed by atoms with E-state index in [1.54, 1.807) is 0 Å². The first-order valence-corrected chi connectivity index (χ1v) is 11.1. The predicted octanol–water partition coefficient (Wildman–Crippen LogP) is 3.84. The predicted molar refractivity (Wildman–Crippen MR) is 78.9 cm³/mol. The standard InChI is InChI=1S/C14H24OSSi/c1-17(2,3)13-9-8-12(16-13)14(15)10-6-4-5-7-11-14/h8-9,15H,4-7,10-11H2,1-3H3. The molecule has 1 nitrogen and oxygen atoms in total. The first-order valence-electron chi connectivity index (χ1n) is 6.75. The highest BCUT2D eigenvalue weighted by Gasteiger charge is 2.32. The highest BCUT2D eigenvalue weighted by molar-refractivity contribution is 7.26. The smallest absolute Gasteiger partial charge is 0.0987 e. The zero-order chi connectivity index (χ0) is 12.5. The van der Waals surface area contributed by atoms with Gasteiger partial charge in [-0.05, 0) is 23.4 Å². The van der Waals surface area contributed by atoms with Gasteiger partial charge in [0, 0.05) is 4.88 Å². The molecule has 0 saturated heterocycles. The van der Waals surface area contributed by atoms with Crippen molar-refractivity contribution in [2.45, 2.75) is 63.8 Å². The second kappa shape index (κ2) is 4.86. The lowest BCUT2D eigenvalue weighted by Gasteiger charge is -2.25. The molecular weight excluding hydrogens is 244 g/mol. The Bertz CT molecular complexity index is 370. The normalized spacial score (nSPS) is 21.2. The highest BCUT2D eigenvalue weighted by Crippen LogP contribution is 2.38. The van der Waals surface area contributed by atoms with Crippen LogP contribution in [-0.2, 0) is 5.60 Å². The van der Waals surface area contributed by atoms with Gasteiger partial charge in [0.15, 0.2) is 0 Å². The molecule has 17 heavy (non-hydrogen) atoms. The Morgan fingerprint density at radius 2 is 1.65 bits per heavy atom. The van der Waals surface area contributed by atoms with E-state index >= 15 is 0 Å². The summed E-state index contributed by atoms with van der Waals surface area (Å²) in [5.41, 5.74) is -0.515. The zero-order valence-electron chi connectivity index (χ0n) is 11.3. The van der Waals surface area contributed by atoms with Crippen LogP contribution in [-0.4, -0.2) is 13.2 Å². The lowest BCUT2D eigenvalue weighted by atomic mass is 9.93. The van der Waals surface area contributed by atoms with E-state index < -0.39 is 13.7 Å². The molecule has 0 aromatic carbocycles. The molecular formula is C14H24OSSi. The SMILES string of the molecule is C[Si](C)(C)c1ccc(C2(O)CCCCCC2)s1. The molecule has 0 atom stereocenters. The van der Waals surface area contributed by atoms with Gasteiger partial charge in [-0.15, -0.1) is 11.3 Å². The van der Waals surface area contributed by atoms with Crippen molar-refractivity contribution >= 4 is 23.9 Å². The summed E-state index contributed by atoms with van der Waals surface area (Å²) in [4.78, 5) is 1.22. The lowest BCUT2D eigenvalue weighted by Crippen LogP contribution is -2.35. The zero-order valence-corrected chi connectivity index (χ0v) is 13.1. The summed E-state index contributed by atoms with van der Waals surface area (Å²) in [5.74, 6) is 0. The number of thiophene rings is 1. The Hall–Kier alpha value is -0.123. The van der Waals surface area contributed by atoms with Gasteiger partial charge in [-0.1, -0.05) is 51.4 Å². The summed E-state index contributed by atoms with van der Waals surface area (Å²) >= 11 is 1.87. The fourth-order valence-corrected chi connectivity index (χ4v) is 5.59. The third-order valence-corrected chi connectivity index (χ3v) is 8.61. The Labute approximate surface area is 110 Å². The van der Waals surface area contributed by atoms with Crippen LogP contribution >= 0.6 is 11.3 Å². The van der Waals surface area contributed by atoms with E-state index in [2.05, 4.69) is 31.8 Å². The second-order valence-corrected chi connectivity index (χ2v) is 12.8. The lowest BCUT2D eigenvalue weighted by molar-refractivity contribution is 0.0244. The van der Waals surface area contributed by atoms with Gasteiger partial charge in [-0.3, -0.25) is 0 Å². The molecule has 1 aliphatic rings. The molecule has 1 heterocycles. The summed E-state index contributed by atoms with van der Waals surface area (Å²) < 4.78 is 1.52. The van der Waals surface area contributed by atoms with E-state index in [-0.39, 0.29) is 0 Å². The van der Waals surface area contributed by atoms with Crippen LogP contribution in [0.4, 0.5) is 0 Å². The van der Waals surface area contributed by atoms with Crippen LogP contribution in [0.25, 0.3) is 0 Å². The molecule has 0 amide bonds. The molecule has 0 aliphatic heterocycles. The molecule has 0 spiro atoms. The Kier molecular flexibility index (Phi) is 3.81. The molecule has 1 aromatic rings. The van der Waals surface area contributed by atoms with Crippen LogP contribution in [0.15, 0.2) is 12.1 Å². The number of hydrogen-bond acceptors (Lipinski definition) is 2. The average Bonchev–Trinajstić information content (AvgIpc) is 2.64. The quantitative estimate of drug-likeness (QED) is 0.638. The van der Waals surface area contributed by atoms with E-state index in [9.17, 15) is 5.11 Å². The minimum atomic E-state index is -1.21. The summed E-state index contributed by atoms with van der Waals surface area (Å²) in [5, 5.41) is 10.8. The maximum absolute atomic E-state index is 10.8. The van der Waals surface area contributed by atoms with Gasteiger partial charge in [0.05, 0.1) is 13.7 Å². The van der Waals surface area contributed by atoms with Gasteiger partial charge in [0.1, 0.15) is 0 Å². The molecule has 0 radical (unpaired) electrons. The minimum Gasteiger partial charge on any atom is -0.384 e. The van der Waals surface area contributed by atoms with Gasteiger partial charge < -0.3 is 5.11 Å². The van der Waals surface area contributed by atoms with Crippen LogP contribution in [0.3, 0.4) is 0 Å². The van der Waals surface area contributed by atoms with Crippen LogP contribution in [0.1, 0.15) is 43.4 Å². The molecule has 1 fully saturated rings. The second-order valence-electron chi connectivity index (χ2n) is 6.36. The fourth-order valence-electron chi connectivity index (χ4n) is 2.55. The van der Waals surface area contributed by atoms with E-state index in [1.165, 1.54) is 35.1 Å². The third kappa shape index (κ3) is 3.01. The van der Waals surface area contributed by atoms with Crippen LogP contribution in [0.2, 0.25) is 19.6 Å². The monoisotopic (exact) mass is 268 g/mol. The molecule has 1 N–H and O–H groups in total. The van der Waals surface area contributed by atoms with Crippen LogP contribution in [0.5, 0.6) is 0 Å². The highest BCUT2D eigenvalue weighted by atomic mass is 32.1. The van der Waals surface area contributed by atoms with E-state index in [0.29, 0.717) is 0 Å². The topological polar surface area (TPSA) is 20.2 Å². The van der Waals surface area contributed by atoms with E-state index in [1.807, 2.05) is 11.3 Å². The van der Waals surface area contributed by atoms with Crippen molar-refractivity contribution in [1.82, 2.24) is 0 Å². The Morgan fingerprint density at radius 1 is 1.06 bits per heavy atom. The third-order valence-electron chi connectivity index (χ3n) is 3.73. The first-order chi connectivity index (χ1) is 7.92. The number of hydrogen-bond donors (Lipinski definition) is 1. The van der Waals surface area contributed by atoms with E-state index in [0.717, 1.165) is 12.8 Å². The summed E-state index contributed by atoms with van der Waals surface area (Å²) in [6.07, 6.45) is 6.84. The van der Waals surface area contributed by atoms with Crippen molar-refractivity contribution in [3.63, 3.8) is 0 Å². The maximum Gasteiger partial charge on any atom is 0.0987 e. The van der Waals surface area contributed by atoms with Crippen molar-refractivity contribution in [2.75, 3.05) is 0 Å². The van der Waals surface area contributed by atoms with Crippen molar-refractivity contribution in [3.8, 4) is 0 Å². The summed E-state index contributed by atoms with van der Waals surface area (Å²) in [7, 11) is -1.21. The first kappa shape index (κ1) is 13.3. The van der Waals surface area contributed by atoms with Crippen molar-refractivity contribution in [3.05, 3.63) is 17.0 Å². The number of aliphatic hydroxyl groups is 1. The number of rotatable bonds is 2. The minimum absolute atomic E-state index is 0.515. The average molecular weight is 268 g/mol. The largest absolute Gasteiger partial charge is 0.384 e. The molecule has 1 aliphatic carbocycles. The van der Waals surface area contributed by atoms with Gasteiger partial charge >= 0.3 is 0 Å². The molecule has 2 rings (SSSR count). The maximum atomic E-state index is 10.8. The molecule has 96 valence electrons. The van der Waals surface area contributed by atoms with Gasteiger partial charge in [0.2, 0.25) is 0 Å². The summed E-state index contributed by atoms with van der Waals surface area (Å²) in [6.45, 7) is 7.12. The molecule has 1 aromatic heterocycles. The van der Waals surface area contributed by atoms with E-state index in [4.69, 9.17) is 0 Å². The fraction of sp³-hybridized carbons (Fsp3) is 0.714. The van der Waals surface area contributed by atoms with Gasteiger partial charge in [-0.25, -0.2) is 0 Å². The molecule has 0 bridgehead atoms. The Balaban J connectivity index is 2.23. The molecule has 0 unspecified atom stereocenters. The van der Waals surface area contributed by atoms with Crippen molar-refractivity contribution in [2.24, 2.45) is 0 Å². The molecule has 3 heteroatoms. The van der Waals surface area contributed by atoms with Crippen molar-refractivity contribution < 1.29 is 5.11 Å². The summed E-state index contributed by atoms with van der Waals surface area (Å²) in [6, 6.07) is 4.44. The Morgan fingerprint density at radius 3 is 2.12 bits per heavy atom. The van der Waals surface area contributed by atoms with Crippen LogP contribution < -0.4 is 4.50 Å². The molecule has 1 saturated carbocycles.